The number of rotatable bonds is 9. The minimum atomic E-state index is -0.139. The third kappa shape index (κ3) is 5.10. The Morgan fingerprint density at radius 1 is 1.27 bits per heavy atom. The Morgan fingerprint density at radius 2 is 2.07 bits per heavy atom. The van der Waals surface area contributed by atoms with Crippen LogP contribution in [0.3, 0.4) is 0 Å². The number of aryl methyl sites for hydroxylation is 1. The highest BCUT2D eigenvalue weighted by Gasteiger charge is 2.23. The zero-order valence-corrected chi connectivity index (χ0v) is 18.8. The lowest BCUT2D eigenvalue weighted by Crippen LogP contribution is -2.30. The van der Waals surface area contributed by atoms with E-state index in [-0.39, 0.29) is 11.9 Å². The molecule has 0 aliphatic heterocycles. The second kappa shape index (κ2) is 10.2. The van der Waals surface area contributed by atoms with Crippen molar-refractivity contribution in [3.05, 3.63) is 57.8 Å². The van der Waals surface area contributed by atoms with Crippen molar-refractivity contribution in [2.45, 2.75) is 62.7 Å². The van der Waals surface area contributed by atoms with Gasteiger partial charge in [-0.05, 0) is 52.3 Å². The molecule has 0 spiro atoms. The van der Waals surface area contributed by atoms with E-state index in [4.69, 9.17) is 0 Å². The van der Waals surface area contributed by atoms with Gasteiger partial charge in [-0.3, -0.25) is 4.79 Å². The first-order valence-electron chi connectivity index (χ1n) is 10.6. The van der Waals surface area contributed by atoms with Gasteiger partial charge in [0.1, 0.15) is 0 Å². The first-order chi connectivity index (χ1) is 14.7. The molecule has 4 rings (SSSR count). The van der Waals surface area contributed by atoms with E-state index in [9.17, 15) is 4.79 Å². The van der Waals surface area contributed by atoms with Crippen LogP contribution in [0.25, 0.3) is 0 Å². The van der Waals surface area contributed by atoms with Crippen LogP contribution in [-0.4, -0.2) is 31.9 Å². The number of nitrogens with zero attached hydrogens (tertiary/aromatic N) is 4. The first-order valence-corrected chi connectivity index (χ1v) is 12.4. The molecule has 1 aromatic carbocycles. The van der Waals surface area contributed by atoms with Gasteiger partial charge in [-0.2, -0.15) is 0 Å². The predicted molar refractivity (Wildman–Crippen MR) is 121 cm³/mol. The lowest BCUT2D eigenvalue weighted by atomic mass is 10.0. The number of amides is 1. The Morgan fingerprint density at radius 3 is 2.77 bits per heavy atom. The molecule has 2 aromatic heterocycles. The Kier molecular flexibility index (Phi) is 7.17. The van der Waals surface area contributed by atoms with Crippen LogP contribution >= 0.6 is 23.1 Å². The molecule has 1 atom stereocenters. The van der Waals surface area contributed by atoms with Gasteiger partial charge in [0.15, 0.2) is 0 Å². The maximum absolute atomic E-state index is 12.8. The van der Waals surface area contributed by atoms with E-state index in [0.29, 0.717) is 11.8 Å². The monoisotopic (exact) mass is 441 g/mol. The summed E-state index contributed by atoms with van der Waals surface area (Å²) in [4.78, 5) is 13.9. The summed E-state index contributed by atoms with van der Waals surface area (Å²) in [6, 6.07) is 12.9. The minimum absolute atomic E-state index is 0.0167. The van der Waals surface area contributed by atoms with E-state index >= 15 is 0 Å². The summed E-state index contributed by atoms with van der Waals surface area (Å²) in [5.74, 6) is 0.278. The molecule has 2 heterocycles. The molecule has 30 heavy (non-hydrogen) atoms. The summed E-state index contributed by atoms with van der Waals surface area (Å²) in [5, 5.41) is 18.1. The fraction of sp³-hybridized carbons (Fsp3) is 0.455. The molecule has 6 nitrogen and oxygen atoms in total. The molecule has 0 bridgehead atoms. The summed E-state index contributed by atoms with van der Waals surface area (Å²) in [6.07, 6.45) is 6.85. The standard InChI is InChI=1S/C22H27N5OS2/c1-2-6-16-10-12-17(13-11-16)21(19-9-5-14-29-19)23-20(28)15-30-22-24-25-26-27(22)18-7-3-4-8-18/h5,9-14,18,21H,2-4,6-8,15H2,1H3,(H,23,28). The summed E-state index contributed by atoms with van der Waals surface area (Å²) in [5.41, 5.74) is 2.43. The van der Waals surface area contributed by atoms with Crippen molar-refractivity contribution in [1.82, 2.24) is 25.5 Å². The number of hydrogen-bond donors (Lipinski definition) is 1. The van der Waals surface area contributed by atoms with Crippen LogP contribution in [-0.2, 0) is 11.2 Å². The molecule has 1 unspecified atom stereocenters. The summed E-state index contributed by atoms with van der Waals surface area (Å²) in [6.45, 7) is 2.18. The van der Waals surface area contributed by atoms with E-state index in [2.05, 4.69) is 58.1 Å². The van der Waals surface area contributed by atoms with Gasteiger partial charge in [0.25, 0.3) is 0 Å². The summed E-state index contributed by atoms with van der Waals surface area (Å²) in [7, 11) is 0. The lowest BCUT2D eigenvalue weighted by molar-refractivity contribution is -0.119. The van der Waals surface area contributed by atoms with Crippen molar-refractivity contribution in [3.8, 4) is 0 Å². The van der Waals surface area contributed by atoms with Gasteiger partial charge in [-0.1, -0.05) is 68.3 Å². The Bertz CT molecular complexity index is 933. The molecule has 1 aliphatic carbocycles. The van der Waals surface area contributed by atoms with Gasteiger partial charge in [0, 0.05) is 4.88 Å². The maximum atomic E-state index is 12.8. The van der Waals surface area contributed by atoms with Gasteiger partial charge < -0.3 is 5.32 Å². The predicted octanol–water partition coefficient (Wildman–Crippen LogP) is 4.80. The molecule has 158 valence electrons. The SMILES string of the molecule is CCCc1ccc(C(NC(=O)CSc2nnnn2C2CCCC2)c2cccs2)cc1. The van der Waals surface area contributed by atoms with Gasteiger partial charge in [0.05, 0.1) is 17.8 Å². The van der Waals surface area contributed by atoms with Gasteiger partial charge in [-0.15, -0.1) is 16.4 Å². The third-order valence-electron chi connectivity index (χ3n) is 5.45. The van der Waals surface area contributed by atoms with Gasteiger partial charge >= 0.3 is 0 Å². The van der Waals surface area contributed by atoms with E-state index in [1.807, 2.05) is 16.1 Å². The van der Waals surface area contributed by atoms with E-state index < -0.39 is 0 Å². The lowest BCUT2D eigenvalue weighted by Gasteiger charge is -2.18. The maximum Gasteiger partial charge on any atom is 0.231 e. The van der Waals surface area contributed by atoms with Gasteiger partial charge in [0.2, 0.25) is 11.1 Å². The molecule has 8 heteroatoms. The van der Waals surface area contributed by atoms with E-state index in [0.717, 1.165) is 41.3 Å². The molecule has 0 radical (unpaired) electrons. The highest BCUT2D eigenvalue weighted by atomic mass is 32.2. The average Bonchev–Trinajstić information content (AvgIpc) is 3.53. The van der Waals surface area contributed by atoms with E-state index in [1.54, 1.807) is 11.3 Å². The van der Waals surface area contributed by atoms with Crippen LogP contribution in [0, 0.1) is 0 Å². The smallest absolute Gasteiger partial charge is 0.231 e. The minimum Gasteiger partial charge on any atom is -0.344 e. The normalized spacial score (nSPS) is 15.4. The number of carbonyl (C=O) groups excluding carboxylic acids is 1. The topological polar surface area (TPSA) is 72.7 Å². The highest BCUT2D eigenvalue weighted by molar-refractivity contribution is 7.99. The molecule has 0 saturated heterocycles. The molecule has 1 fully saturated rings. The quantitative estimate of drug-likeness (QED) is 0.483. The van der Waals surface area contributed by atoms with Crippen LogP contribution < -0.4 is 5.32 Å². The Hall–Kier alpha value is -2.19. The first kappa shape index (κ1) is 21.1. The zero-order valence-electron chi connectivity index (χ0n) is 17.2. The van der Waals surface area contributed by atoms with Crippen molar-refractivity contribution in [2.24, 2.45) is 0 Å². The van der Waals surface area contributed by atoms with Crippen LogP contribution in [0.2, 0.25) is 0 Å². The molecule has 3 aromatic rings. The number of benzene rings is 1. The zero-order chi connectivity index (χ0) is 20.8. The number of hydrogen-bond acceptors (Lipinski definition) is 6. The fourth-order valence-electron chi connectivity index (χ4n) is 3.93. The Balaban J connectivity index is 1.42. The average molecular weight is 442 g/mol. The number of nitrogens with one attached hydrogen (secondary N) is 1. The fourth-order valence-corrected chi connectivity index (χ4v) is 5.49. The number of tetrazole rings is 1. The van der Waals surface area contributed by atoms with Crippen LogP contribution in [0.1, 0.15) is 67.1 Å². The summed E-state index contributed by atoms with van der Waals surface area (Å²) < 4.78 is 1.90. The van der Waals surface area contributed by atoms with Crippen LogP contribution in [0.15, 0.2) is 46.9 Å². The third-order valence-corrected chi connectivity index (χ3v) is 7.32. The highest BCUT2D eigenvalue weighted by Crippen LogP contribution is 2.31. The van der Waals surface area contributed by atoms with Crippen molar-refractivity contribution in [3.63, 3.8) is 0 Å². The molecule has 1 aliphatic rings. The molecular weight excluding hydrogens is 414 g/mol. The van der Waals surface area contributed by atoms with Crippen molar-refractivity contribution < 1.29 is 4.79 Å². The van der Waals surface area contributed by atoms with Crippen LogP contribution in [0.4, 0.5) is 0 Å². The van der Waals surface area contributed by atoms with Crippen LogP contribution in [0.5, 0.6) is 0 Å². The Labute approximate surface area is 185 Å². The molecule has 1 N–H and O–H groups in total. The second-order valence-electron chi connectivity index (χ2n) is 7.64. The number of thiophene rings is 1. The summed E-state index contributed by atoms with van der Waals surface area (Å²) >= 11 is 3.07. The van der Waals surface area contributed by atoms with Crippen molar-refractivity contribution >= 4 is 29.0 Å². The molecular formula is C22H27N5OS2. The largest absolute Gasteiger partial charge is 0.344 e. The van der Waals surface area contributed by atoms with Gasteiger partial charge in [-0.25, -0.2) is 4.68 Å². The molecule has 1 amide bonds. The molecule has 1 saturated carbocycles. The number of carbonyl (C=O) groups is 1. The van der Waals surface area contributed by atoms with Crippen molar-refractivity contribution in [2.75, 3.05) is 5.75 Å². The number of thioether (sulfide) groups is 1. The number of aromatic nitrogens is 4. The van der Waals surface area contributed by atoms with Crippen molar-refractivity contribution in [1.29, 1.82) is 0 Å². The second-order valence-corrected chi connectivity index (χ2v) is 9.56. The van der Waals surface area contributed by atoms with E-state index in [1.165, 1.54) is 30.2 Å².